The summed E-state index contributed by atoms with van der Waals surface area (Å²) >= 11 is 0. The van der Waals surface area contributed by atoms with Crippen LogP contribution >= 0.6 is 0 Å². The topological polar surface area (TPSA) is 78.4 Å². The number of aliphatic carboxylic acids is 1. The fourth-order valence-electron chi connectivity index (χ4n) is 1.48. The van der Waals surface area contributed by atoms with Gasteiger partial charge in [-0.2, -0.15) is 0 Å². The fourth-order valence-corrected chi connectivity index (χ4v) is 1.48. The van der Waals surface area contributed by atoms with E-state index in [1.54, 1.807) is 12.1 Å². The molecule has 0 unspecified atom stereocenters. The Balaban J connectivity index is 2.50. The molecule has 0 aliphatic heterocycles. The highest BCUT2D eigenvalue weighted by Crippen LogP contribution is 2.06. The highest BCUT2D eigenvalue weighted by atomic mass is 16.4. The van der Waals surface area contributed by atoms with Crippen molar-refractivity contribution in [3.05, 3.63) is 41.5 Å². The van der Waals surface area contributed by atoms with Crippen molar-refractivity contribution in [3.8, 4) is 0 Å². The monoisotopic (exact) mass is 276 g/mol. The smallest absolute Gasteiger partial charge is 0.328 e. The first-order valence-electron chi connectivity index (χ1n) is 6.32. The van der Waals surface area contributed by atoms with Gasteiger partial charge >= 0.3 is 12.0 Å². The van der Waals surface area contributed by atoms with Gasteiger partial charge in [0.2, 0.25) is 0 Å². The average molecular weight is 276 g/mol. The summed E-state index contributed by atoms with van der Waals surface area (Å²) in [7, 11) is 0. The molecule has 0 saturated heterocycles. The van der Waals surface area contributed by atoms with Gasteiger partial charge in [0.05, 0.1) is 0 Å². The van der Waals surface area contributed by atoms with Crippen molar-refractivity contribution in [2.45, 2.75) is 32.9 Å². The second-order valence-electron chi connectivity index (χ2n) is 5.47. The number of carbonyl (C=O) groups is 2. The summed E-state index contributed by atoms with van der Waals surface area (Å²) < 4.78 is 0. The average Bonchev–Trinajstić information content (AvgIpc) is 2.33. The number of benzene rings is 1. The van der Waals surface area contributed by atoms with Crippen LogP contribution in [0.15, 0.2) is 30.3 Å². The van der Waals surface area contributed by atoms with Crippen molar-refractivity contribution >= 4 is 18.1 Å². The molecule has 5 nitrogen and oxygen atoms in total. The van der Waals surface area contributed by atoms with Gasteiger partial charge in [-0.3, -0.25) is 0 Å². The van der Waals surface area contributed by atoms with Gasteiger partial charge in [-0.05, 0) is 38.0 Å². The minimum atomic E-state index is -0.977. The van der Waals surface area contributed by atoms with E-state index in [1.807, 2.05) is 32.9 Å². The third-order valence-electron chi connectivity index (χ3n) is 2.34. The molecule has 0 aliphatic rings. The van der Waals surface area contributed by atoms with Crippen LogP contribution in [-0.2, 0) is 11.3 Å². The second-order valence-corrected chi connectivity index (χ2v) is 5.47. The van der Waals surface area contributed by atoms with E-state index >= 15 is 0 Å². The maximum absolute atomic E-state index is 11.6. The lowest BCUT2D eigenvalue weighted by atomic mass is 10.1. The van der Waals surface area contributed by atoms with Gasteiger partial charge < -0.3 is 15.7 Å². The van der Waals surface area contributed by atoms with Crippen molar-refractivity contribution in [1.82, 2.24) is 10.6 Å². The molecule has 108 valence electrons. The zero-order valence-electron chi connectivity index (χ0n) is 11.9. The summed E-state index contributed by atoms with van der Waals surface area (Å²) in [5.74, 6) is -0.977. The van der Waals surface area contributed by atoms with E-state index in [4.69, 9.17) is 5.11 Å². The Hall–Kier alpha value is -2.30. The van der Waals surface area contributed by atoms with Crippen molar-refractivity contribution in [1.29, 1.82) is 0 Å². The molecule has 1 aromatic carbocycles. The summed E-state index contributed by atoms with van der Waals surface area (Å²) in [6, 6.07) is 7.08. The van der Waals surface area contributed by atoms with Crippen LogP contribution in [0.4, 0.5) is 4.79 Å². The number of nitrogens with one attached hydrogen (secondary N) is 2. The quantitative estimate of drug-likeness (QED) is 0.739. The van der Waals surface area contributed by atoms with Crippen LogP contribution in [0.3, 0.4) is 0 Å². The van der Waals surface area contributed by atoms with E-state index < -0.39 is 5.97 Å². The van der Waals surface area contributed by atoms with Crippen molar-refractivity contribution < 1.29 is 14.7 Å². The summed E-state index contributed by atoms with van der Waals surface area (Å²) in [6.07, 6.45) is 2.61. The third-order valence-corrected chi connectivity index (χ3v) is 2.34. The van der Waals surface area contributed by atoms with E-state index in [0.717, 1.165) is 17.2 Å². The predicted octanol–water partition coefficient (Wildman–Crippen LogP) is 2.38. The number of rotatable bonds is 4. The van der Waals surface area contributed by atoms with Gasteiger partial charge in [-0.25, -0.2) is 9.59 Å². The molecule has 1 rings (SSSR count). The molecule has 0 spiro atoms. The fraction of sp³-hybridized carbons (Fsp3) is 0.333. The van der Waals surface area contributed by atoms with Crippen LogP contribution in [0.1, 0.15) is 31.9 Å². The van der Waals surface area contributed by atoms with Crippen LogP contribution in [0, 0.1) is 0 Å². The number of hydrogen-bond donors (Lipinski definition) is 3. The summed E-state index contributed by atoms with van der Waals surface area (Å²) in [5.41, 5.74) is 1.48. The number of hydrogen-bond acceptors (Lipinski definition) is 2. The zero-order valence-corrected chi connectivity index (χ0v) is 11.9. The normalized spacial score (nSPS) is 11.3. The van der Waals surface area contributed by atoms with Crippen molar-refractivity contribution in [3.63, 3.8) is 0 Å². The number of carboxylic acids is 1. The zero-order chi connectivity index (χ0) is 15.2. The molecule has 1 aromatic rings. The van der Waals surface area contributed by atoms with E-state index in [-0.39, 0.29) is 11.6 Å². The Morgan fingerprint density at radius 2 is 1.80 bits per heavy atom. The maximum Gasteiger partial charge on any atom is 0.328 e. The lowest BCUT2D eigenvalue weighted by molar-refractivity contribution is -0.131. The molecule has 2 amide bonds. The molecule has 0 atom stereocenters. The first-order valence-corrected chi connectivity index (χ1v) is 6.32. The van der Waals surface area contributed by atoms with Crippen molar-refractivity contribution in [2.75, 3.05) is 0 Å². The molecule has 5 heteroatoms. The molecule has 20 heavy (non-hydrogen) atoms. The lowest BCUT2D eigenvalue weighted by Crippen LogP contribution is -2.46. The number of urea groups is 1. The first-order chi connectivity index (χ1) is 9.26. The SMILES string of the molecule is CC(C)(C)NC(=O)NCc1ccc(C=CC(=O)O)cc1. The Bertz CT molecular complexity index is 499. The standard InChI is InChI=1S/C15H20N2O3/c1-15(2,3)17-14(20)16-10-12-6-4-11(5-7-12)8-9-13(18)19/h4-9H,10H2,1-3H3,(H,18,19)(H2,16,17,20). The molecule has 0 aromatic heterocycles. The molecule has 0 heterocycles. The first kappa shape index (κ1) is 15.8. The molecule has 0 bridgehead atoms. The Morgan fingerprint density at radius 3 is 2.30 bits per heavy atom. The largest absolute Gasteiger partial charge is 0.478 e. The summed E-state index contributed by atoms with van der Waals surface area (Å²) in [6.45, 7) is 6.16. The third kappa shape index (κ3) is 6.58. The molecule has 0 aliphatic carbocycles. The van der Waals surface area contributed by atoms with E-state index in [2.05, 4.69) is 10.6 Å². The van der Waals surface area contributed by atoms with Crippen LogP contribution in [0.25, 0.3) is 6.08 Å². The Kier molecular flexibility index (Phi) is 5.32. The molecule has 0 fully saturated rings. The van der Waals surface area contributed by atoms with Crippen molar-refractivity contribution in [2.24, 2.45) is 0 Å². The van der Waals surface area contributed by atoms with Gasteiger partial charge in [-0.1, -0.05) is 24.3 Å². The van der Waals surface area contributed by atoms with Gasteiger partial charge in [0, 0.05) is 18.2 Å². The van der Waals surface area contributed by atoms with Gasteiger partial charge in [0.25, 0.3) is 0 Å². The summed E-state index contributed by atoms with van der Waals surface area (Å²) in [5, 5.41) is 14.1. The van der Waals surface area contributed by atoms with Crippen LogP contribution in [0.5, 0.6) is 0 Å². The molecule has 3 N–H and O–H groups in total. The van der Waals surface area contributed by atoms with Crippen LogP contribution in [-0.4, -0.2) is 22.6 Å². The van der Waals surface area contributed by atoms with E-state index in [0.29, 0.717) is 6.54 Å². The minimum Gasteiger partial charge on any atom is -0.478 e. The van der Waals surface area contributed by atoms with E-state index in [9.17, 15) is 9.59 Å². The Labute approximate surface area is 118 Å². The molecular formula is C15H20N2O3. The number of carboxylic acid groups (broad SMARTS) is 1. The van der Waals surface area contributed by atoms with E-state index in [1.165, 1.54) is 6.08 Å². The lowest BCUT2D eigenvalue weighted by Gasteiger charge is -2.20. The van der Waals surface area contributed by atoms with Crippen LogP contribution < -0.4 is 10.6 Å². The highest BCUT2D eigenvalue weighted by molar-refractivity contribution is 5.85. The number of amides is 2. The Morgan fingerprint density at radius 1 is 1.20 bits per heavy atom. The van der Waals surface area contributed by atoms with Gasteiger partial charge in [0.15, 0.2) is 0 Å². The second kappa shape index (κ2) is 6.75. The molecule has 0 saturated carbocycles. The maximum atomic E-state index is 11.6. The van der Waals surface area contributed by atoms with Gasteiger partial charge in [-0.15, -0.1) is 0 Å². The molecule has 0 radical (unpaired) electrons. The summed E-state index contributed by atoms with van der Waals surface area (Å²) in [4.78, 5) is 22.0. The highest BCUT2D eigenvalue weighted by Gasteiger charge is 2.12. The number of carbonyl (C=O) groups excluding carboxylic acids is 1. The minimum absolute atomic E-state index is 0.215. The van der Waals surface area contributed by atoms with Crippen LogP contribution in [0.2, 0.25) is 0 Å². The molecular weight excluding hydrogens is 256 g/mol. The predicted molar refractivity (Wildman–Crippen MR) is 78.2 cm³/mol. The van der Waals surface area contributed by atoms with Gasteiger partial charge in [0.1, 0.15) is 0 Å².